The van der Waals surface area contributed by atoms with E-state index in [2.05, 4.69) is 10.6 Å². The Hall–Kier alpha value is -1.10. The monoisotopic (exact) mass is 254 g/mol. The van der Waals surface area contributed by atoms with Gasteiger partial charge >= 0.3 is 5.97 Å². The zero-order chi connectivity index (χ0) is 13.3. The molecule has 0 aromatic carbocycles. The summed E-state index contributed by atoms with van der Waals surface area (Å²) in [5, 5.41) is 15.3. The lowest BCUT2D eigenvalue weighted by Gasteiger charge is -2.25. The summed E-state index contributed by atoms with van der Waals surface area (Å²) in [5.41, 5.74) is 0. The molecule has 5 heteroatoms. The molecule has 2 rings (SSSR count). The highest BCUT2D eigenvalue weighted by atomic mass is 16.4. The van der Waals surface area contributed by atoms with Crippen LogP contribution in [0.15, 0.2) is 0 Å². The standard InChI is InChI=1S/C13H22N2O3/c1-3-7(2)11(13(17)18)15-12(16)9-6-8-4-5-10(9)14-8/h7-11,14H,3-6H2,1-2H3,(H,15,16)(H,17,18). The molecule has 1 amide bonds. The zero-order valence-corrected chi connectivity index (χ0v) is 11.0. The summed E-state index contributed by atoms with van der Waals surface area (Å²) in [7, 11) is 0. The van der Waals surface area contributed by atoms with Gasteiger partial charge in [-0.3, -0.25) is 4.79 Å². The van der Waals surface area contributed by atoms with Crippen molar-refractivity contribution < 1.29 is 14.7 Å². The van der Waals surface area contributed by atoms with Crippen molar-refractivity contribution >= 4 is 11.9 Å². The predicted molar refractivity (Wildman–Crippen MR) is 67.1 cm³/mol. The third-order valence-electron chi connectivity index (χ3n) is 4.41. The first-order valence-corrected chi connectivity index (χ1v) is 6.82. The van der Waals surface area contributed by atoms with Crippen molar-refractivity contribution in [1.82, 2.24) is 10.6 Å². The highest BCUT2D eigenvalue weighted by molar-refractivity contribution is 5.86. The molecule has 2 fully saturated rings. The molecule has 2 aliphatic rings. The fraction of sp³-hybridized carbons (Fsp3) is 0.846. The third-order valence-corrected chi connectivity index (χ3v) is 4.41. The topological polar surface area (TPSA) is 78.4 Å². The Morgan fingerprint density at radius 1 is 1.44 bits per heavy atom. The minimum absolute atomic E-state index is 0.0435. The third kappa shape index (κ3) is 2.51. The molecule has 102 valence electrons. The second kappa shape index (κ2) is 5.26. The number of carbonyl (C=O) groups excluding carboxylic acids is 1. The minimum atomic E-state index is -0.936. The van der Waals surface area contributed by atoms with E-state index < -0.39 is 12.0 Å². The van der Waals surface area contributed by atoms with Crippen LogP contribution in [0.4, 0.5) is 0 Å². The highest BCUT2D eigenvalue weighted by Gasteiger charge is 2.43. The van der Waals surface area contributed by atoms with E-state index in [1.54, 1.807) is 0 Å². The molecule has 5 nitrogen and oxygen atoms in total. The maximum absolute atomic E-state index is 12.2. The van der Waals surface area contributed by atoms with Gasteiger partial charge in [0.1, 0.15) is 6.04 Å². The van der Waals surface area contributed by atoms with Gasteiger partial charge in [0.05, 0.1) is 5.92 Å². The number of hydrogen-bond donors (Lipinski definition) is 3. The van der Waals surface area contributed by atoms with Crippen LogP contribution in [0.25, 0.3) is 0 Å². The van der Waals surface area contributed by atoms with Gasteiger partial charge in [0, 0.05) is 12.1 Å². The van der Waals surface area contributed by atoms with Gasteiger partial charge in [-0.2, -0.15) is 0 Å². The van der Waals surface area contributed by atoms with Gasteiger partial charge in [0.15, 0.2) is 0 Å². The number of carbonyl (C=O) groups is 2. The van der Waals surface area contributed by atoms with Crippen LogP contribution in [0, 0.1) is 11.8 Å². The molecule has 2 heterocycles. The van der Waals surface area contributed by atoms with E-state index in [1.807, 2.05) is 13.8 Å². The maximum Gasteiger partial charge on any atom is 0.326 e. The van der Waals surface area contributed by atoms with Crippen molar-refractivity contribution in [3.8, 4) is 0 Å². The number of carboxylic acid groups (broad SMARTS) is 1. The Bertz CT molecular complexity index is 345. The van der Waals surface area contributed by atoms with Crippen molar-refractivity contribution in [2.24, 2.45) is 11.8 Å². The highest BCUT2D eigenvalue weighted by Crippen LogP contribution is 2.33. The van der Waals surface area contributed by atoms with E-state index in [0.717, 1.165) is 25.7 Å². The van der Waals surface area contributed by atoms with Crippen LogP contribution < -0.4 is 10.6 Å². The van der Waals surface area contributed by atoms with Gasteiger partial charge in [-0.1, -0.05) is 20.3 Å². The Morgan fingerprint density at radius 3 is 2.61 bits per heavy atom. The molecule has 2 aliphatic heterocycles. The number of nitrogens with one attached hydrogen (secondary N) is 2. The van der Waals surface area contributed by atoms with E-state index >= 15 is 0 Å². The van der Waals surface area contributed by atoms with E-state index in [-0.39, 0.29) is 23.8 Å². The maximum atomic E-state index is 12.2. The molecule has 0 spiro atoms. The molecule has 0 aliphatic carbocycles. The van der Waals surface area contributed by atoms with Crippen molar-refractivity contribution in [3.63, 3.8) is 0 Å². The number of rotatable bonds is 5. The number of carboxylic acids is 1. The number of amides is 1. The first kappa shape index (κ1) is 13.3. The Kier molecular flexibility index (Phi) is 3.90. The van der Waals surface area contributed by atoms with Crippen LogP contribution in [0.5, 0.6) is 0 Å². The summed E-state index contributed by atoms with van der Waals surface area (Å²) >= 11 is 0. The molecule has 2 saturated heterocycles. The second-order valence-corrected chi connectivity index (χ2v) is 5.60. The zero-order valence-electron chi connectivity index (χ0n) is 11.0. The summed E-state index contributed by atoms with van der Waals surface area (Å²) in [5.74, 6) is -1.12. The second-order valence-electron chi connectivity index (χ2n) is 5.60. The van der Waals surface area contributed by atoms with E-state index in [9.17, 15) is 9.59 Å². The summed E-state index contributed by atoms with van der Waals surface area (Å²) in [6.45, 7) is 3.80. The van der Waals surface area contributed by atoms with Crippen LogP contribution >= 0.6 is 0 Å². The lowest BCUT2D eigenvalue weighted by Crippen LogP contribution is -2.49. The molecule has 3 N–H and O–H groups in total. The first-order chi connectivity index (χ1) is 8.52. The van der Waals surface area contributed by atoms with Crippen LogP contribution in [0.2, 0.25) is 0 Å². The molecule has 18 heavy (non-hydrogen) atoms. The lowest BCUT2D eigenvalue weighted by molar-refractivity contribution is -0.144. The normalized spacial score (nSPS) is 33.1. The Balaban J connectivity index is 1.95. The van der Waals surface area contributed by atoms with Crippen molar-refractivity contribution in [3.05, 3.63) is 0 Å². The number of hydrogen-bond acceptors (Lipinski definition) is 3. The fourth-order valence-electron chi connectivity index (χ4n) is 3.06. The molecule has 0 aromatic rings. The molecule has 5 atom stereocenters. The van der Waals surface area contributed by atoms with E-state index in [0.29, 0.717) is 6.04 Å². The Morgan fingerprint density at radius 2 is 2.17 bits per heavy atom. The van der Waals surface area contributed by atoms with Crippen LogP contribution in [0.1, 0.15) is 39.5 Å². The predicted octanol–water partition coefficient (Wildman–Crippen LogP) is 0.742. The summed E-state index contributed by atoms with van der Waals surface area (Å²) in [6, 6.07) is -0.0550. The SMILES string of the molecule is CCC(C)C(NC(=O)C1CC2CCC1N2)C(=O)O. The van der Waals surface area contributed by atoms with Gasteiger partial charge in [-0.05, 0) is 25.2 Å². The molecule has 5 unspecified atom stereocenters. The fourth-order valence-corrected chi connectivity index (χ4v) is 3.06. The molecular formula is C13H22N2O3. The van der Waals surface area contributed by atoms with Crippen molar-refractivity contribution in [1.29, 1.82) is 0 Å². The van der Waals surface area contributed by atoms with Crippen LogP contribution in [0.3, 0.4) is 0 Å². The summed E-state index contributed by atoms with van der Waals surface area (Å²) < 4.78 is 0. The summed E-state index contributed by atoms with van der Waals surface area (Å²) in [6.07, 6.45) is 3.77. The van der Waals surface area contributed by atoms with Gasteiger partial charge in [-0.25, -0.2) is 4.79 Å². The van der Waals surface area contributed by atoms with E-state index in [1.165, 1.54) is 0 Å². The Labute approximate surface area is 107 Å². The quantitative estimate of drug-likeness (QED) is 0.676. The number of fused-ring (bicyclic) bond motifs is 2. The van der Waals surface area contributed by atoms with Gasteiger partial charge < -0.3 is 15.7 Å². The molecule has 0 radical (unpaired) electrons. The number of aliphatic carboxylic acids is 1. The largest absolute Gasteiger partial charge is 0.480 e. The molecular weight excluding hydrogens is 232 g/mol. The lowest BCUT2D eigenvalue weighted by atomic mass is 9.88. The van der Waals surface area contributed by atoms with Gasteiger partial charge in [-0.15, -0.1) is 0 Å². The summed E-state index contributed by atoms with van der Waals surface area (Å²) in [4.78, 5) is 23.3. The molecule has 2 bridgehead atoms. The van der Waals surface area contributed by atoms with Crippen molar-refractivity contribution in [2.45, 2.75) is 57.7 Å². The first-order valence-electron chi connectivity index (χ1n) is 6.82. The average molecular weight is 254 g/mol. The molecule has 0 saturated carbocycles. The van der Waals surface area contributed by atoms with Crippen LogP contribution in [-0.2, 0) is 9.59 Å². The van der Waals surface area contributed by atoms with E-state index in [4.69, 9.17) is 5.11 Å². The van der Waals surface area contributed by atoms with Gasteiger partial charge in [0.2, 0.25) is 5.91 Å². The minimum Gasteiger partial charge on any atom is -0.480 e. The van der Waals surface area contributed by atoms with Crippen LogP contribution in [-0.4, -0.2) is 35.1 Å². The van der Waals surface area contributed by atoms with Crippen molar-refractivity contribution in [2.75, 3.05) is 0 Å². The average Bonchev–Trinajstić information content (AvgIpc) is 2.96. The molecule has 0 aromatic heterocycles. The van der Waals surface area contributed by atoms with Gasteiger partial charge in [0.25, 0.3) is 0 Å². The smallest absolute Gasteiger partial charge is 0.326 e.